The zero-order chi connectivity index (χ0) is 13.9. The Morgan fingerprint density at radius 3 is 2.50 bits per heavy atom. The monoisotopic (exact) mass is 274 g/mol. The fourth-order valence-electron chi connectivity index (χ4n) is 2.77. The van der Waals surface area contributed by atoms with Gasteiger partial charge in [-0.25, -0.2) is 0 Å². The second kappa shape index (κ2) is 5.73. The van der Waals surface area contributed by atoms with Crippen LogP contribution in [0, 0.1) is 0 Å². The van der Waals surface area contributed by atoms with Crippen LogP contribution in [0.4, 0.5) is 0 Å². The zero-order valence-corrected chi connectivity index (χ0v) is 11.9. The summed E-state index contributed by atoms with van der Waals surface area (Å²) in [4.78, 5) is 1.43. The van der Waals surface area contributed by atoms with E-state index in [0.29, 0.717) is 11.8 Å². The molecule has 2 atom stereocenters. The number of ether oxygens (including phenoxy) is 1. The molecule has 5 heteroatoms. The average molecular weight is 274 g/mol. The molecular weight excluding hydrogens is 254 g/mol. The maximum absolute atomic E-state index is 5.76. The van der Waals surface area contributed by atoms with Crippen molar-refractivity contribution in [3.05, 3.63) is 36.2 Å². The van der Waals surface area contributed by atoms with Crippen molar-refractivity contribution in [2.75, 3.05) is 13.1 Å². The third-order valence-corrected chi connectivity index (χ3v) is 3.51. The lowest BCUT2D eigenvalue weighted by Gasteiger charge is -2.31. The highest BCUT2D eigenvalue weighted by molar-refractivity contribution is 5.51. The van der Waals surface area contributed by atoms with Gasteiger partial charge < -0.3 is 14.1 Å². The summed E-state index contributed by atoms with van der Waals surface area (Å²) in [7, 11) is 0. The molecule has 106 valence electrons. The average Bonchev–Trinajstić information content (AvgIpc) is 2.87. The van der Waals surface area contributed by atoms with Crippen molar-refractivity contribution in [1.29, 1.82) is 0 Å². The van der Waals surface area contributed by atoms with Gasteiger partial charge in [0.2, 0.25) is 5.89 Å². The predicted molar refractivity (Wildman–Crippen MR) is 74.1 cm³/mol. The smallest absolute Gasteiger partial charge is 0.271 e. The van der Waals surface area contributed by atoms with E-state index in [1.807, 2.05) is 30.3 Å². The fourth-order valence-corrected chi connectivity index (χ4v) is 2.77. The SMILES string of the molecule is C[C@H]1C[NH+](Cc2nnc(-c3ccccc3)o2)C[C@H](C)O1. The Kier molecular flexibility index (Phi) is 3.80. The summed E-state index contributed by atoms with van der Waals surface area (Å²) in [5.74, 6) is 1.29. The van der Waals surface area contributed by atoms with E-state index >= 15 is 0 Å². The second-order valence-electron chi connectivity index (χ2n) is 5.46. The molecule has 0 radical (unpaired) electrons. The molecule has 3 rings (SSSR count). The van der Waals surface area contributed by atoms with Crippen LogP contribution < -0.4 is 4.90 Å². The quantitative estimate of drug-likeness (QED) is 0.904. The molecule has 0 amide bonds. The maximum atomic E-state index is 5.76. The third-order valence-electron chi connectivity index (χ3n) is 3.51. The normalized spacial score (nSPS) is 26.6. The molecule has 0 spiro atoms. The molecule has 1 saturated heterocycles. The molecule has 0 bridgehead atoms. The number of hydrogen-bond donors (Lipinski definition) is 1. The molecule has 1 aromatic heterocycles. The summed E-state index contributed by atoms with van der Waals surface area (Å²) in [6, 6.07) is 9.86. The first-order valence-electron chi connectivity index (χ1n) is 7.07. The molecule has 1 aliphatic heterocycles. The van der Waals surface area contributed by atoms with Gasteiger partial charge in [0.05, 0.1) is 0 Å². The van der Waals surface area contributed by atoms with Crippen LogP contribution in [0.3, 0.4) is 0 Å². The molecule has 1 fully saturated rings. The molecule has 1 aromatic carbocycles. The first kappa shape index (κ1) is 13.3. The number of aromatic nitrogens is 2. The number of nitrogens with one attached hydrogen (secondary N) is 1. The number of benzene rings is 1. The topological polar surface area (TPSA) is 52.6 Å². The van der Waals surface area contributed by atoms with Gasteiger partial charge in [0, 0.05) is 5.56 Å². The number of hydrogen-bond acceptors (Lipinski definition) is 4. The van der Waals surface area contributed by atoms with Crippen molar-refractivity contribution in [3.63, 3.8) is 0 Å². The minimum atomic E-state index is 0.283. The van der Waals surface area contributed by atoms with Gasteiger partial charge in [-0.05, 0) is 26.0 Å². The lowest BCUT2D eigenvalue weighted by atomic mass is 10.2. The fraction of sp³-hybridized carbons (Fsp3) is 0.467. The Morgan fingerprint density at radius 1 is 1.10 bits per heavy atom. The molecular formula is C15H20N3O2+. The van der Waals surface area contributed by atoms with Crippen LogP contribution in [0.15, 0.2) is 34.7 Å². The Balaban J connectivity index is 1.68. The van der Waals surface area contributed by atoms with Crippen LogP contribution >= 0.6 is 0 Å². The highest BCUT2D eigenvalue weighted by Gasteiger charge is 2.27. The lowest BCUT2D eigenvalue weighted by Crippen LogP contribution is -3.14. The summed E-state index contributed by atoms with van der Waals surface area (Å²) in [6.45, 7) is 6.94. The molecule has 0 saturated carbocycles. The minimum absolute atomic E-state index is 0.283. The first-order valence-corrected chi connectivity index (χ1v) is 7.07. The summed E-state index contributed by atoms with van der Waals surface area (Å²) in [5.41, 5.74) is 0.963. The molecule has 5 nitrogen and oxygen atoms in total. The van der Waals surface area contributed by atoms with E-state index in [2.05, 4.69) is 24.0 Å². The molecule has 1 aliphatic rings. The Morgan fingerprint density at radius 2 is 1.80 bits per heavy atom. The van der Waals surface area contributed by atoms with Gasteiger partial charge in [0.15, 0.2) is 6.54 Å². The summed E-state index contributed by atoms with van der Waals surface area (Å²) < 4.78 is 11.5. The maximum Gasteiger partial charge on any atom is 0.271 e. The molecule has 2 heterocycles. The summed E-state index contributed by atoms with van der Waals surface area (Å²) in [5, 5.41) is 8.29. The largest absolute Gasteiger partial charge is 0.415 e. The predicted octanol–water partition coefficient (Wildman–Crippen LogP) is 0.929. The van der Waals surface area contributed by atoms with Crippen molar-refractivity contribution in [1.82, 2.24) is 10.2 Å². The molecule has 20 heavy (non-hydrogen) atoms. The van der Waals surface area contributed by atoms with E-state index in [-0.39, 0.29) is 12.2 Å². The van der Waals surface area contributed by atoms with E-state index in [9.17, 15) is 0 Å². The van der Waals surface area contributed by atoms with Crippen LogP contribution in [-0.2, 0) is 11.3 Å². The Bertz CT molecular complexity index is 545. The van der Waals surface area contributed by atoms with E-state index in [0.717, 1.165) is 25.2 Å². The number of quaternary nitrogens is 1. The van der Waals surface area contributed by atoms with Crippen molar-refractivity contribution < 1.29 is 14.1 Å². The van der Waals surface area contributed by atoms with E-state index < -0.39 is 0 Å². The minimum Gasteiger partial charge on any atom is -0.415 e. The van der Waals surface area contributed by atoms with Crippen LogP contribution in [0.5, 0.6) is 0 Å². The van der Waals surface area contributed by atoms with Gasteiger partial charge in [-0.2, -0.15) is 0 Å². The van der Waals surface area contributed by atoms with Gasteiger partial charge in [-0.1, -0.05) is 18.2 Å². The van der Waals surface area contributed by atoms with Gasteiger partial charge in [-0.3, -0.25) is 0 Å². The number of rotatable bonds is 3. The van der Waals surface area contributed by atoms with Gasteiger partial charge in [0.1, 0.15) is 25.3 Å². The van der Waals surface area contributed by atoms with Gasteiger partial charge in [-0.15, -0.1) is 10.2 Å². The van der Waals surface area contributed by atoms with Gasteiger partial charge in [0.25, 0.3) is 5.89 Å². The van der Waals surface area contributed by atoms with Crippen LogP contribution in [0.25, 0.3) is 11.5 Å². The van der Waals surface area contributed by atoms with Crippen molar-refractivity contribution in [2.24, 2.45) is 0 Å². The number of morpholine rings is 1. The molecule has 0 unspecified atom stereocenters. The highest BCUT2D eigenvalue weighted by Crippen LogP contribution is 2.16. The molecule has 0 aliphatic carbocycles. The van der Waals surface area contributed by atoms with Crippen molar-refractivity contribution >= 4 is 0 Å². The van der Waals surface area contributed by atoms with Crippen LogP contribution in [0.1, 0.15) is 19.7 Å². The first-order chi connectivity index (χ1) is 9.70. The van der Waals surface area contributed by atoms with Crippen LogP contribution in [-0.4, -0.2) is 35.5 Å². The van der Waals surface area contributed by atoms with Gasteiger partial charge >= 0.3 is 0 Å². The number of nitrogens with zero attached hydrogens (tertiary/aromatic N) is 2. The molecule has 1 N–H and O–H groups in total. The zero-order valence-electron chi connectivity index (χ0n) is 11.9. The lowest BCUT2D eigenvalue weighted by molar-refractivity contribution is -0.929. The van der Waals surface area contributed by atoms with E-state index in [4.69, 9.17) is 9.15 Å². The Labute approximate surface area is 118 Å². The summed E-state index contributed by atoms with van der Waals surface area (Å²) in [6.07, 6.45) is 0.565. The van der Waals surface area contributed by atoms with Crippen LogP contribution in [0.2, 0.25) is 0 Å². The summed E-state index contributed by atoms with van der Waals surface area (Å²) >= 11 is 0. The second-order valence-corrected chi connectivity index (χ2v) is 5.46. The van der Waals surface area contributed by atoms with Crippen molar-refractivity contribution in [3.8, 4) is 11.5 Å². The van der Waals surface area contributed by atoms with Crippen molar-refractivity contribution in [2.45, 2.75) is 32.6 Å². The van der Waals surface area contributed by atoms with E-state index in [1.165, 1.54) is 4.90 Å². The third kappa shape index (κ3) is 3.05. The van der Waals surface area contributed by atoms with E-state index in [1.54, 1.807) is 0 Å². The standard InChI is InChI=1S/C15H19N3O2/c1-11-8-18(9-12(2)19-11)10-14-16-17-15(20-14)13-6-4-3-5-7-13/h3-7,11-12H,8-10H2,1-2H3/p+1/t11-,12-/m0/s1. The Hall–Kier alpha value is -1.72. The highest BCUT2D eigenvalue weighted by atomic mass is 16.5. The molecule has 2 aromatic rings.